The van der Waals surface area contributed by atoms with Crippen LogP contribution in [0.1, 0.15) is 30.0 Å². The van der Waals surface area contributed by atoms with Crippen LogP contribution >= 0.6 is 23.4 Å². The Morgan fingerprint density at radius 1 is 1.15 bits per heavy atom. The van der Waals surface area contributed by atoms with Crippen molar-refractivity contribution in [1.82, 2.24) is 5.01 Å². The number of amides is 1. The molecule has 2 aliphatic rings. The number of thioether (sulfide) groups is 1. The van der Waals surface area contributed by atoms with Crippen LogP contribution in [0, 0.1) is 0 Å². The Labute approximate surface area is 166 Å². The normalized spacial score (nSPS) is 22.1. The Morgan fingerprint density at radius 2 is 1.89 bits per heavy atom. The fourth-order valence-electron chi connectivity index (χ4n) is 3.34. The number of hydrogen-bond donors (Lipinski definition) is 1. The van der Waals surface area contributed by atoms with Gasteiger partial charge >= 0.3 is 5.24 Å². The fourth-order valence-corrected chi connectivity index (χ4v) is 4.35. The topological polar surface area (TPSA) is 65.3 Å². The third-order valence-corrected chi connectivity index (χ3v) is 5.91. The number of aliphatic hydroxyl groups excluding tert-OH is 1. The third kappa shape index (κ3) is 3.78. The molecule has 7 heteroatoms. The molecule has 2 heterocycles. The highest BCUT2D eigenvalue weighted by atomic mass is 35.5. The lowest BCUT2D eigenvalue weighted by atomic mass is 9.98. The van der Waals surface area contributed by atoms with Crippen molar-refractivity contribution in [1.29, 1.82) is 0 Å². The van der Waals surface area contributed by atoms with Gasteiger partial charge in [0.1, 0.15) is 5.84 Å². The van der Waals surface area contributed by atoms with Gasteiger partial charge in [0.15, 0.2) is 0 Å². The van der Waals surface area contributed by atoms with Crippen LogP contribution in [0.25, 0.3) is 0 Å². The van der Waals surface area contributed by atoms with Gasteiger partial charge in [-0.2, -0.15) is 10.1 Å². The maximum atomic E-state index is 11.9. The second-order valence-electron chi connectivity index (χ2n) is 6.38. The summed E-state index contributed by atoms with van der Waals surface area (Å²) in [7, 11) is 0. The van der Waals surface area contributed by atoms with E-state index in [4.69, 9.17) is 16.7 Å². The molecule has 2 aromatic carbocycles. The number of benzene rings is 2. The predicted molar refractivity (Wildman–Crippen MR) is 110 cm³/mol. The first-order valence-corrected chi connectivity index (χ1v) is 9.99. The molecule has 0 saturated heterocycles. The smallest absolute Gasteiger partial charge is 0.307 e. The Morgan fingerprint density at radius 3 is 2.59 bits per heavy atom. The van der Waals surface area contributed by atoms with E-state index in [2.05, 4.69) is 4.99 Å². The van der Waals surface area contributed by atoms with Gasteiger partial charge in [-0.15, -0.1) is 0 Å². The highest BCUT2D eigenvalue weighted by molar-refractivity contribution is 8.15. The molecule has 0 bridgehead atoms. The lowest BCUT2D eigenvalue weighted by Gasteiger charge is -2.26. The molecule has 0 aliphatic carbocycles. The molecule has 0 spiro atoms. The Kier molecular flexibility index (Phi) is 5.29. The van der Waals surface area contributed by atoms with Crippen molar-refractivity contribution in [2.75, 3.05) is 6.61 Å². The quantitative estimate of drug-likeness (QED) is 0.821. The average molecular weight is 400 g/mol. The summed E-state index contributed by atoms with van der Waals surface area (Å²) in [5.41, 5.74) is 3.06. The lowest BCUT2D eigenvalue weighted by molar-refractivity contribution is 0.267. The summed E-state index contributed by atoms with van der Waals surface area (Å²) in [6, 6.07) is 17.6. The zero-order valence-corrected chi connectivity index (χ0v) is 16.0. The molecule has 5 nitrogen and oxygen atoms in total. The summed E-state index contributed by atoms with van der Waals surface area (Å²) in [5.74, 6) is 0.616. The van der Waals surface area contributed by atoms with Crippen molar-refractivity contribution in [3.05, 3.63) is 70.7 Å². The van der Waals surface area contributed by atoms with E-state index in [9.17, 15) is 9.90 Å². The maximum Gasteiger partial charge on any atom is 0.307 e. The van der Waals surface area contributed by atoms with Gasteiger partial charge in [-0.1, -0.05) is 65.8 Å². The van der Waals surface area contributed by atoms with Crippen LogP contribution in [-0.2, 0) is 0 Å². The maximum absolute atomic E-state index is 11.9. The lowest BCUT2D eigenvalue weighted by Crippen LogP contribution is -2.33. The highest BCUT2D eigenvalue weighted by Gasteiger charge is 2.39. The zero-order valence-electron chi connectivity index (χ0n) is 14.5. The van der Waals surface area contributed by atoms with Gasteiger partial charge in [-0.3, -0.25) is 4.79 Å². The van der Waals surface area contributed by atoms with Crippen LogP contribution in [0.15, 0.2) is 64.7 Å². The molecule has 4 rings (SSSR count). The largest absolute Gasteiger partial charge is 0.396 e. The van der Waals surface area contributed by atoms with Crippen LogP contribution in [0.2, 0.25) is 5.02 Å². The molecular weight excluding hydrogens is 382 g/mol. The minimum absolute atomic E-state index is 0.00131. The van der Waals surface area contributed by atoms with Crippen molar-refractivity contribution in [2.45, 2.75) is 24.1 Å². The van der Waals surface area contributed by atoms with Crippen molar-refractivity contribution in [2.24, 2.45) is 10.1 Å². The van der Waals surface area contributed by atoms with Gasteiger partial charge in [0.25, 0.3) is 0 Å². The minimum Gasteiger partial charge on any atom is -0.396 e. The number of halogens is 1. The van der Waals surface area contributed by atoms with Crippen molar-refractivity contribution < 1.29 is 9.90 Å². The molecule has 0 radical (unpaired) electrons. The van der Waals surface area contributed by atoms with Crippen molar-refractivity contribution >= 4 is 40.1 Å². The standard InChI is InChI=1S/C20H18ClN3O2S/c21-15-8-6-14(7-9-15)17-12-16(13-4-2-1-3-5-13)23-24(17)19-18(10-11-25)27-20(26)22-19/h1-9,17-18,25H,10-12H2/t17-,18+/m0/s1. The molecular formula is C20H18ClN3O2S. The Balaban J connectivity index is 1.73. The van der Waals surface area contributed by atoms with Crippen LogP contribution in [-0.4, -0.2) is 38.8 Å². The molecule has 1 N–H and O–H groups in total. The van der Waals surface area contributed by atoms with Crippen LogP contribution in [0.5, 0.6) is 0 Å². The predicted octanol–water partition coefficient (Wildman–Crippen LogP) is 4.51. The second kappa shape index (κ2) is 7.84. The number of nitrogens with zero attached hydrogens (tertiary/aromatic N) is 3. The molecule has 138 valence electrons. The molecule has 2 atom stereocenters. The van der Waals surface area contributed by atoms with E-state index >= 15 is 0 Å². The zero-order chi connectivity index (χ0) is 18.8. The van der Waals surface area contributed by atoms with E-state index in [1.54, 1.807) is 0 Å². The number of carbonyl (C=O) groups excluding carboxylic acids is 1. The van der Waals surface area contributed by atoms with Crippen molar-refractivity contribution in [3.8, 4) is 0 Å². The first-order chi connectivity index (χ1) is 13.2. The van der Waals surface area contributed by atoms with Gasteiger partial charge in [-0.05, 0) is 29.7 Å². The van der Waals surface area contributed by atoms with Gasteiger partial charge < -0.3 is 5.11 Å². The fraction of sp³-hybridized carbons (Fsp3) is 0.250. The Hall–Kier alpha value is -2.15. The number of rotatable bonds is 4. The Bertz CT molecular complexity index is 899. The van der Waals surface area contributed by atoms with E-state index in [0.717, 1.165) is 28.6 Å². The first kappa shape index (κ1) is 18.2. The van der Waals surface area contributed by atoms with E-state index < -0.39 is 0 Å². The summed E-state index contributed by atoms with van der Waals surface area (Å²) in [5, 5.41) is 16.3. The van der Waals surface area contributed by atoms with Gasteiger partial charge in [0, 0.05) is 18.1 Å². The van der Waals surface area contributed by atoms with Crippen molar-refractivity contribution in [3.63, 3.8) is 0 Å². The summed E-state index contributed by atoms with van der Waals surface area (Å²) >= 11 is 7.20. The highest BCUT2D eigenvalue weighted by Crippen LogP contribution is 2.38. The molecule has 0 saturated carbocycles. The number of aliphatic imine (C=N–C) groups is 1. The van der Waals surface area contributed by atoms with Gasteiger partial charge in [0.05, 0.1) is 17.0 Å². The molecule has 0 aromatic heterocycles. The summed E-state index contributed by atoms with van der Waals surface area (Å²) in [4.78, 5) is 16.2. The summed E-state index contributed by atoms with van der Waals surface area (Å²) in [6.45, 7) is -0.00131. The van der Waals surface area contributed by atoms with E-state index in [1.165, 1.54) is 0 Å². The summed E-state index contributed by atoms with van der Waals surface area (Å²) < 4.78 is 0. The molecule has 0 unspecified atom stereocenters. The minimum atomic E-state index is -0.235. The number of aliphatic hydroxyl groups is 1. The van der Waals surface area contributed by atoms with Crippen LogP contribution in [0.4, 0.5) is 4.79 Å². The molecule has 1 amide bonds. The van der Waals surface area contributed by atoms with E-state index in [0.29, 0.717) is 23.7 Å². The monoisotopic (exact) mass is 399 g/mol. The number of hydrogen-bond acceptors (Lipinski definition) is 5. The molecule has 27 heavy (non-hydrogen) atoms. The van der Waals surface area contributed by atoms with Gasteiger partial charge in [-0.25, -0.2) is 5.01 Å². The average Bonchev–Trinajstić information content (AvgIpc) is 3.27. The van der Waals surface area contributed by atoms with Gasteiger partial charge in [0.2, 0.25) is 0 Å². The first-order valence-electron chi connectivity index (χ1n) is 8.73. The number of carbonyl (C=O) groups is 1. The number of hydrazone groups is 1. The SMILES string of the molecule is O=C1N=C(N2N=C(c3ccccc3)C[C@H]2c2ccc(Cl)cc2)[C@@H](CCO)S1. The van der Waals surface area contributed by atoms with Crippen LogP contribution < -0.4 is 0 Å². The molecule has 2 aliphatic heterocycles. The molecule has 2 aromatic rings. The summed E-state index contributed by atoms with van der Waals surface area (Å²) in [6.07, 6.45) is 1.17. The van der Waals surface area contributed by atoms with Crippen LogP contribution in [0.3, 0.4) is 0 Å². The third-order valence-electron chi connectivity index (χ3n) is 4.64. The molecule has 0 fully saturated rings. The van der Waals surface area contributed by atoms with E-state index in [1.807, 2.05) is 59.6 Å². The van der Waals surface area contributed by atoms with E-state index in [-0.39, 0.29) is 23.1 Å². The number of amidine groups is 1. The second-order valence-corrected chi connectivity index (χ2v) is 7.97.